The van der Waals surface area contributed by atoms with Gasteiger partial charge in [0, 0.05) is 23.8 Å². The van der Waals surface area contributed by atoms with Crippen molar-refractivity contribution in [3.8, 4) is 23.0 Å². The molecule has 5 heteroatoms. The molecule has 27 heavy (non-hydrogen) atoms. The van der Waals surface area contributed by atoms with Crippen LogP contribution in [0.25, 0.3) is 11.1 Å². The summed E-state index contributed by atoms with van der Waals surface area (Å²) in [5.41, 5.74) is 3.99. The zero-order chi connectivity index (χ0) is 19.4. The number of carbonyl (C=O) groups is 2. The van der Waals surface area contributed by atoms with E-state index >= 15 is 0 Å². The fraction of sp³-hybridized carbons (Fsp3) is 0.273. The van der Waals surface area contributed by atoms with Gasteiger partial charge in [-0.05, 0) is 36.1 Å². The van der Waals surface area contributed by atoms with E-state index in [4.69, 9.17) is 9.84 Å². The molecule has 0 fully saturated rings. The summed E-state index contributed by atoms with van der Waals surface area (Å²) in [6.45, 7) is 3.95. The van der Waals surface area contributed by atoms with Crippen molar-refractivity contribution in [1.29, 1.82) is 0 Å². The Morgan fingerprint density at radius 1 is 1.07 bits per heavy atom. The molecule has 1 aliphatic rings. The number of benzene rings is 2. The largest absolute Gasteiger partial charge is 0.472 e. The summed E-state index contributed by atoms with van der Waals surface area (Å²) < 4.78 is 5.45. The SMILES string of the molecule is CC(C)(C#CC(=O)O)CNC(=O)OCC1c2ccccc2-c2ccccc21. The van der Waals surface area contributed by atoms with Crippen LogP contribution >= 0.6 is 0 Å². The van der Waals surface area contributed by atoms with Gasteiger partial charge < -0.3 is 15.2 Å². The summed E-state index contributed by atoms with van der Waals surface area (Å²) in [6.07, 6.45) is -0.540. The Balaban J connectivity index is 1.63. The molecular formula is C22H21NO4. The van der Waals surface area contributed by atoms with Gasteiger partial charge in [-0.3, -0.25) is 0 Å². The topological polar surface area (TPSA) is 75.6 Å². The zero-order valence-corrected chi connectivity index (χ0v) is 15.3. The molecule has 0 saturated heterocycles. The lowest BCUT2D eigenvalue weighted by Crippen LogP contribution is -2.34. The maximum absolute atomic E-state index is 12.1. The first kappa shape index (κ1) is 18.5. The minimum atomic E-state index is -1.19. The number of amides is 1. The van der Waals surface area contributed by atoms with Gasteiger partial charge in [0.25, 0.3) is 0 Å². The molecule has 1 amide bonds. The van der Waals surface area contributed by atoms with Gasteiger partial charge in [-0.15, -0.1) is 0 Å². The molecular weight excluding hydrogens is 342 g/mol. The van der Waals surface area contributed by atoms with Crippen LogP contribution in [-0.4, -0.2) is 30.3 Å². The smallest absolute Gasteiger partial charge is 0.407 e. The molecule has 0 saturated carbocycles. The predicted octanol–water partition coefficient (Wildman–Crippen LogP) is 3.64. The maximum atomic E-state index is 12.1. The van der Waals surface area contributed by atoms with E-state index in [2.05, 4.69) is 41.4 Å². The van der Waals surface area contributed by atoms with Gasteiger partial charge in [0.05, 0.1) is 0 Å². The number of hydrogen-bond donors (Lipinski definition) is 2. The van der Waals surface area contributed by atoms with Crippen LogP contribution in [0.1, 0.15) is 30.9 Å². The molecule has 0 aromatic heterocycles. The third-order valence-electron chi connectivity index (χ3n) is 4.53. The summed E-state index contributed by atoms with van der Waals surface area (Å²) in [6, 6.07) is 16.3. The van der Waals surface area contributed by atoms with Gasteiger partial charge in [-0.25, -0.2) is 9.59 Å². The second kappa shape index (κ2) is 7.55. The number of aliphatic carboxylic acids is 1. The third-order valence-corrected chi connectivity index (χ3v) is 4.53. The van der Waals surface area contributed by atoms with Gasteiger partial charge in [-0.1, -0.05) is 54.5 Å². The van der Waals surface area contributed by atoms with Crippen molar-refractivity contribution >= 4 is 12.1 Å². The van der Waals surface area contributed by atoms with Crippen LogP contribution in [0.4, 0.5) is 4.79 Å². The fourth-order valence-electron chi connectivity index (χ4n) is 3.21. The Morgan fingerprint density at radius 3 is 2.19 bits per heavy atom. The van der Waals surface area contributed by atoms with Crippen LogP contribution in [0, 0.1) is 17.3 Å². The Hall–Kier alpha value is -3.26. The van der Waals surface area contributed by atoms with Crippen molar-refractivity contribution in [3.05, 3.63) is 59.7 Å². The molecule has 0 heterocycles. The Kier molecular flexibility index (Phi) is 5.18. The molecule has 0 spiro atoms. The van der Waals surface area contributed by atoms with Gasteiger partial charge in [0.2, 0.25) is 0 Å². The minimum Gasteiger partial charge on any atom is -0.472 e. The highest BCUT2D eigenvalue weighted by molar-refractivity contribution is 5.86. The summed E-state index contributed by atoms with van der Waals surface area (Å²) in [5.74, 6) is 3.51. The zero-order valence-electron chi connectivity index (χ0n) is 15.3. The number of rotatable bonds is 4. The van der Waals surface area contributed by atoms with Gasteiger partial charge in [-0.2, -0.15) is 0 Å². The number of alkyl carbamates (subject to hydrolysis) is 1. The number of carbonyl (C=O) groups excluding carboxylic acids is 1. The monoisotopic (exact) mass is 363 g/mol. The van der Waals surface area contributed by atoms with Crippen LogP contribution in [0.2, 0.25) is 0 Å². The van der Waals surface area contributed by atoms with Crippen molar-refractivity contribution < 1.29 is 19.4 Å². The normalized spacial score (nSPS) is 12.4. The van der Waals surface area contributed by atoms with Crippen LogP contribution in [0.15, 0.2) is 48.5 Å². The number of ether oxygens (including phenoxy) is 1. The van der Waals surface area contributed by atoms with Gasteiger partial charge in [0.15, 0.2) is 0 Å². The van der Waals surface area contributed by atoms with E-state index in [1.807, 2.05) is 24.3 Å². The van der Waals surface area contributed by atoms with Crippen LogP contribution in [0.3, 0.4) is 0 Å². The standard InChI is InChI=1S/C22H21NO4/c1-22(2,12-11-20(24)25)14-23-21(26)27-13-19-17-9-5-3-7-15(17)16-8-4-6-10-18(16)19/h3-10,19H,13-14H2,1-2H3,(H,23,26)(H,24,25). The second-order valence-electron chi connectivity index (χ2n) is 7.12. The van der Waals surface area contributed by atoms with E-state index < -0.39 is 17.5 Å². The molecule has 0 bridgehead atoms. The first-order valence-electron chi connectivity index (χ1n) is 8.72. The highest BCUT2D eigenvalue weighted by Crippen LogP contribution is 2.44. The molecule has 5 nitrogen and oxygen atoms in total. The molecule has 1 aliphatic carbocycles. The summed E-state index contributed by atoms with van der Waals surface area (Å²) in [5, 5.41) is 11.3. The number of fused-ring (bicyclic) bond motifs is 3. The first-order valence-corrected chi connectivity index (χ1v) is 8.72. The Bertz CT molecular complexity index is 891. The van der Waals surface area contributed by atoms with Crippen molar-refractivity contribution in [2.45, 2.75) is 19.8 Å². The molecule has 0 atom stereocenters. The van der Waals surface area contributed by atoms with Crippen LogP contribution in [0.5, 0.6) is 0 Å². The van der Waals surface area contributed by atoms with Crippen molar-refractivity contribution in [2.24, 2.45) is 5.41 Å². The molecule has 0 radical (unpaired) electrons. The predicted molar refractivity (Wildman–Crippen MR) is 102 cm³/mol. The molecule has 2 aromatic rings. The van der Waals surface area contributed by atoms with E-state index in [1.54, 1.807) is 13.8 Å². The van der Waals surface area contributed by atoms with E-state index in [0.717, 1.165) is 11.1 Å². The second-order valence-corrected chi connectivity index (χ2v) is 7.12. The molecule has 2 N–H and O–H groups in total. The number of carboxylic acid groups (broad SMARTS) is 1. The van der Waals surface area contributed by atoms with Crippen LogP contribution < -0.4 is 5.32 Å². The number of nitrogens with one attached hydrogen (secondary N) is 1. The lowest BCUT2D eigenvalue weighted by atomic mass is 9.94. The van der Waals surface area contributed by atoms with Crippen molar-refractivity contribution in [1.82, 2.24) is 5.32 Å². The highest BCUT2D eigenvalue weighted by atomic mass is 16.5. The molecule has 0 aliphatic heterocycles. The molecule has 2 aromatic carbocycles. The van der Waals surface area contributed by atoms with E-state index in [-0.39, 0.29) is 19.1 Å². The van der Waals surface area contributed by atoms with E-state index in [0.29, 0.717) is 0 Å². The summed E-state index contributed by atoms with van der Waals surface area (Å²) in [4.78, 5) is 22.7. The van der Waals surface area contributed by atoms with E-state index in [1.165, 1.54) is 11.1 Å². The van der Waals surface area contributed by atoms with Crippen molar-refractivity contribution in [2.75, 3.05) is 13.2 Å². The summed E-state index contributed by atoms with van der Waals surface area (Å²) in [7, 11) is 0. The maximum Gasteiger partial charge on any atom is 0.407 e. The third kappa shape index (κ3) is 4.29. The van der Waals surface area contributed by atoms with Crippen molar-refractivity contribution in [3.63, 3.8) is 0 Å². The van der Waals surface area contributed by atoms with Gasteiger partial charge in [0.1, 0.15) is 6.61 Å². The molecule has 3 rings (SSSR count). The molecule has 138 valence electrons. The summed E-state index contributed by atoms with van der Waals surface area (Å²) >= 11 is 0. The lowest BCUT2D eigenvalue weighted by Gasteiger charge is -2.19. The minimum absolute atomic E-state index is 0.00274. The lowest BCUT2D eigenvalue weighted by molar-refractivity contribution is -0.130. The highest BCUT2D eigenvalue weighted by Gasteiger charge is 2.29. The van der Waals surface area contributed by atoms with E-state index in [9.17, 15) is 9.59 Å². The van der Waals surface area contributed by atoms with Gasteiger partial charge >= 0.3 is 12.1 Å². The first-order chi connectivity index (χ1) is 12.9. The quantitative estimate of drug-likeness (QED) is 0.813. The average molecular weight is 363 g/mol. The van der Waals surface area contributed by atoms with Crippen LogP contribution in [-0.2, 0) is 9.53 Å². The molecule has 0 unspecified atom stereocenters. The average Bonchev–Trinajstić information content (AvgIpc) is 2.97. The Labute approximate surface area is 158 Å². The fourth-order valence-corrected chi connectivity index (χ4v) is 3.21. The number of carboxylic acids is 1. The Morgan fingerprint density at radius 2 is 1.63 bits per heavy atom. The number of hydrogen-bond acceptors (Lipinski definition) is 3.